The monoisotopic (exact) mass is 329 g/mol. The minimum Gasteiger partial charge on any atom is -0.482 e. The summed E-state index contributed by atoms with van der Waals surface area (Å²) < 4.78 is 5.04. The van der Waals surface area contributed by atoms with Gasteiger partial charge in [0.15, 0.2) is 6.61 Å². The van der Waals surface area contributed by atoms with E-state index in [1.54, 1.807) is 49.4 Å². The number of nitrogens with zero attached hydrogens (tertiary/aromatic N) is 2. The van der Waals surface area contributed by atoms with Gasteiger partial charge in [-0.1, -0.05) is 12.1 Å². The maximum atomic E-state index is 10.9. The van der Waals surface area contributed by atoms with Crippen molar-refractivity contribution in [2.75, 3.05) is 12.0 Å². The highest BCUT2D eigenvalue weighted by atomic mass is 16.6. The predicted octanol–water partition coefficient (Wildman–Crippen LogP) is 2.89. The average molecular weight is 329 g/mol. The lowest BCUT2D eigenvalue weighted by atomic mass is 10.1. The molecule has 0 bridgehead atoms. The van der Waals surface area contributed by atoms with Crippen LogP contribution in [0.1, 0.15) is 12.5 Å². The summed E-state index contributed by atoms with van der Waals surface area (Å²) in [6.45, 7) is 1.33. The van der Waals surface area contributed by atoms with Crippen molar-refractivity contribution in [3.8, 4) is 5.75 Å². The molecule has 24 heavy (non-hydrogen) atoms. The lowest BCUT2D eigenvalue weighted by Crippen LogP contribution is -2.09. The normalized spacial score (nSPS) is 11.0. The number of carbonyl (C=O) groups is 1. The second kappa shape index (κ2) is 7.73. The zero-order valence-electron chi connectivity index (χ0n) is 12.8. The highest BCUT2D eigenvalue weighted by molar-refractivity contribution is 5.99. The largest absolute Gasteiger partial charge is 0.482 e. The Kier molecular flexibility index (Phi) is 5.45. The van der Waals surface area contributed by atoms with Crippen LogP contribution in [0.25, 0.3) is 0 Å². The highest BCUT2D eigenvalue weighted by Gasteiger charge is 2.11. The fraction of sp³-hybridized carbons (Fsp3) is 0.125. The lowest BCUT2D eigenvalue weighted by molar-refractivity contribution is -0.384. The first-order chi connectivity index (χ1) is 11.5. The van der Waals surface area contributed by atoms with E-state index in [0.717, 1.165) is 5.56 Å². The number of hydrogen-bond donors (Lipinski definition) is 2. The zero-order valence-corrected chi connectivity index (χ0v) is 12.8. The molecule has 8 nitrogen and oxygen atoms in total. The third kappa shape index (κ3) is 4.54. The van der Waals surface area contributed by atoms with Crippen molar-refractivity contribution in [2.24, 2.45) is 5.10 Å². The van der Waals surface area contributed by atoms with Gasteiger partial charge in [0, 0.05) is 6.07 Å². The minimum atomic E-state index is -1.05. The van der Waals surface area contributed by atoms with Crippen molar-refractivity contribution in [3.63, 3.8) is 0 Å². The van der Waals surface area contributed by atoms with Crippen LogP contribution < -0.4 is 10.2 Å². The number of hydrazone groups is 1. The number of rotatable bonds is 7. The molecular formula is C16H15N3O5. The van der Waals surface area contributed by atoms with Gasteiger partial charge in [-0.3, -0.25) is 15.5 Å². The fourth-order valence-electron chi connectivity index (χ4n) is 1.87. The molecule has 0 aliphatic heterocycles. The van der Waals surface area contributed by atoms with E-state index in [-0.39, 0.29) is 5.69 Å². The summed E-state index contributed by atoms with van der Waals surface area (Å²) in [5.41, 5.74) is 4.29. The molecule has 0 amide bonds. The summed E-state index contributed by atoms with van der Waals surface area (Å²) in [7, 11) is 0. The third-order valence-electron chi connectivity index (χ3n) is 3.08. The van der Waals surface area contributed by atoms with Crippen molar-refractivity contribution < 1.29 is 19.6 Å². The van der Waals surface area contributed by atoms with Crippen molar-refractivity contribution in [1.82, 2.24) is 0 Å². The van der Waals surface area contributed by atoms with Gasteiger partial charge in [-0.05, 0) is 42.8 Å². The van der Waals surface area contributed by atoms with Gasteiger partial charge < -0.3 is 9.84 Å². The molecule has 0 aliphatic carbocycles. The van der Waals surface area contributed by atoms with Gasteiger partial charge in [0.05, 0.1) is 10.6 Å². The van der Waals surface area contributed by atoms with Crippen LogP contribution in [-0.2, 0) is 4.79 Å². The van der Waals surface area contributed by atoms with Crippen LogP contribution in [0.2, 0.25) is 0 Å². The molecule has 0 fully saturated rings. The van der Waals surface area contributed by atoms with Gasteiger partial charge in [0.25, 0.3) is 5.69 Å². The minimum absolute atomic E-state index is 0.0635. The number of benzene rings is 2. The van der Waals surface area contributed by atoms with Gasteiger partial charge in [0.1, 0.15) is 11.4 Å². The number of carboxylic acid groups (broad SMARTS) is 1. The molecule has 0 aromatic heterocycles. The van der Waals surface area contributed by atoms with Gasteiger partial charge in [0.2, 0.25) is 0 Å². The van der Waals surface area contributed by atoms with Crippen molar-refractivity contribution in [3.05, 3.63) is 64.2 Å². The molecule has 0 radical (unpaired) electrons. The Hall–Kier alpha value is -3.42. The topological polar surface area (TPSA) is 114 Å². The van der Waals surface area contributed by atoms with Crippen LogP contribution in [0, 0.1) is 10.1 Å². The van der Waals surface area contributed by atoms with Crippen LogP contribution in [-0.4, -0.2) is 28.3 Å². The molecule has 0 unspecified atom stereocenters. The number of carboxylic acids is 1. The second-order valence-electron chi connectivity index (χ2n) is 4.79. The standard InChI is InChI=1S/C16H15N3O5/c1-11(12-6-8-13(9-7-12)24-10-16(20)21)17-18-14-4-2-3-5-15(14)19(22)23/h2-9,18H,10H2,1H3,(H,20,21)/b17-11-. The first-order valence-electron chi connectivity index (χ1n) is 6.96. The van der Waals surface area contributed by atoms with E-state index in [0.29, 0.717) is 17.1 Å². The Balaban J connectivity index is 2.08. The Morgan fingerprint density at radius 2 is 1.92 bits per heavy atom. The third-order valence-corrected chi connectivity index (χ3v) is 3.08. The molecule has 0 heterocycles. The van der Waals surface area contributed by atoms with Crippen LogP contribution in [0.3, 0.4) is 0 Å². The van der Waals surface area contributed by atoms with Gasteiger partial charge >= 0.3 is 5.97 Å². The molecule has 0 saturated carbocycles. The number of nitro benzene ring substituents is 1. The van der Waals surface area contributed by atoms with Crippen LogP contribution in [0.4, 0.5) is 11.4 Å². The Morgan fingerprint density at radius 3 is 2.54 bits per heavy atom. The van der Waals surface area contributed by atoms with E-state index < -0.39 is 17.5 Å². The van der Waals surface area contributed by atoms with E-state index in [9.17, 15) is 14.9 Å². The van der Waals surface area contributed by atoms with E-state index in [1.807, 2.05) is 0 Å². The van der Waals surface area contributed by atoms with E-state index in [2.05, 4.69) is 10.5 Å². The van der Waals surface area contributed by atoms with Crippen LogP contribution >= 0.6 is 0 Å². The molecule has 8 heteroatoms. The van der Waals surface area contributed by atoms with Gasteiger partial charge in [-0.2, -0.15) is 5.10 Å². The molecule has 0 spiro atoms. The number of anilines is 1. The molecule has 2 N–H and O–H groups in total. The van der Waals surface area contributed by atoms with E-state index >= 15 is 0 Å². The second-order valence-corrected chi connectivity index (χ2v) is 4.79. The number of hydrogen-bond acceptors (Lipinski definition) is 6. The van der Waals surface area contributed by atoms with Gasteiger partial charge in [-0.25, -0.2) is 4.79 Å². The summed E-state index contributed by atoms with van der Waals surface area (Å²) in [6.07, 6.45) is 0. The van der Waals surface area contributed by atoms with E-state index in [4.69, 9.17) is 9.84 Å². The molecule has 2 aromatic carbocycles. The lowest BCUT2D eigenvalue weighted by Gasteiger charge is -2.06. The highest BCUT2D eigenvalue weighted by Crippen LogP contribution is 2.23. The smallest absolute Gasteiger partial charge is 0.341 e. The maximum absolute atomic E-state index is 10.9. The zero-order chi connectivity index (χ0) is 17.5. The summed E-state index contributed by atoms with van der Waals surface area (Å²) >= 11 is 0. The number of aliphatic carboxylic acids is 1. The molecule has 0 saturated heterocycles. The molecular weight excluding hydrogens is 314 g/mol. The van der Waals surface area contributed by atoms with E-state index in [1.165, 1.54) is 6.07 Å². The predicted molar refractivity (Wildman–Crippen MR) is 88.5 cm³/mol. The van der Waals surface area contributed by atoms with Crippen molar-refractivity contribution in [2.45, 2.75) is 6.92 Å². The quantitative estimate of drug-likeness (QED) is 0.458. The summed E-state index contributed by atoms with van der Waals surface area (Å²) in [6, 6.07) is 12.9. The SMILES string of the molecule is C/C(=N/Nc1ccccc1[N+](=O)[O-])c1ccc(OCC(=O)O)cc1. The molecule has 0 atom stereocenters. The molecule has 2 rings (SSSR count). The van der Waals surface area contributed by atoms with Crippen LogP contribution in [0.5, 0.6) is 5.75 Å². The van der Waals surface area contributed by atoms with Crippen molar-refractivity contribution in [1.29, 1.82) is 0 Å². The number of ether oxygens (including phenoxy) is 1. The molecule has 124 valence electrons. The average Bonchev–Trinajstić information content (AvgIpc) is 2.58. The number of nitro groups is 1. The van der Waals surface area contributed by atoms with Crippen LogP contribution in [0.15, 0.2) is 53.6 Å². The first-order valence-corrected chi connectivity index (χ1v) is 6.96. The Morgan fingerprint density at radius 1 is 1.25 bits per heavy atom. The number of nitrogens with one attached hydrogen (secondary N) is 1. The first kappa shape index (κ1) is 16.9. The number of para-hydroxylation sites is 2. The maximum Gasteiger partial charge on any atom is 0.341 e. The Bertz CT molecular complexity index is 772. The summed E-state index contributed by atoms with van der Waals surface area (Å²) in [4.78, 5) is 20.9. The molecule has 2 aromatic rings. The Labute approximate surface area is 137 Å². The van der Waals surface area contributed by atoms with Crippen molar-refractivity contribution >= 4 is 23.1 Å². The van der Waals surface area contributed by atoms with Gasteiger partial charge in [-0.15, -0.1) is 0 Å². The fourth-order valence-corrected chi connectivity index (χ4v) is 1.87. The summed E-state index contributed by atoms with van der Waals surface area (Å²) in [5.74, 6) is -0.619. The summed E-state index contributed by atoms with van der Waals surface area (Å²) in [5, 5.41) is 23.6. The molecule has 0 aliphatic rings.